The van der Waals surface area contributed by atoms with Crippen LogP contribution in [0.1, 0.15) is 18.1 Å². The highest BCUT2D eigenvalue weighted by Gasteiger charge is 2.10. The van der Waals surface area contributed by atoms with Crippen molar-refractivity contribution in [2.75, 3.05) is 5.32 Å². The van der Waals surface area contributed by atoms with Gasteiger partial charge in [0.1, 0.15) is 12.0 Å². The SMILES string of the molecule is CCc1ccc(CNc2ncc([N+](=O)[O-])cc2Br)cc1. The first-order chi connectivity index (χ1) is 9.60. The van der Waals surface area contributed by atoms with E-state index in [-0.39, 0.29) is 5.69 Å². The summed E-state index contributed by atoms with van der Waals surface area (Å²) in [4.78, 5) is 14.2. The van der Waals surface area contributed by atoms with Crippen LogP contribution in [0.3, 0.4) is 0 Å². The molecule has 2 rings (SSSR count). The number of rotatable bonds is 5. The van der Waals surface area contributed by atoms with Gasteiger partial charge in [-0.05, 0) is 33.5 Å². The molecule has 104 valence electrons. The second kappa shape index (κ2) is 6.47. The lowest BCUT2D eigenvalue weighted by Crippen LogP contribution is -2.02. The minimum absolute atomic E-state index is 0.0327. The highest BCUT2D eigenvalue weighted by atomic mass is 79.9. The molecule has 1 aromatic heterocycles. The molecule has 20 heavy (non-hydrogen) atoms. The molecule has 0 radical (unpaired) electrons. The summed E-state index contributed by atoms with van der Waals surface area (Å²) in [5.74, 6) is 0.593. The zero-order valence-electron chi connectivity index (χ0n) is 11.0. The number of hydrogen-bond donors (Lipinski definition) is 1. The number of hydrogen-bond acceptors (Lipinski definition) is 4. The molecular formula is C14H14BrN3O2. The van der Waals surface area contributed by atoms with Crippen molar-refractivity contribution in [2.24, 2.45) is 0 Å². The van der Waals surface area contributed by atoms with Gasteiger partial charge < -0.3 is 5.32 Å². The molecule has 1 N–H and O–H groups in total. The van der Waals surface area contributed by atoms with Crippen LogP contribution in [0.2, 0.25) is 0 Å². The van der Waals surface area contributed by atoms with Crippen molar-refractivity contribution >= 4 is 27.4 Å². The summed E-state index contributed by atoms with van der Waals surface area (Å²) in [6.45, 7) is 2.73. The van der Waals surface area contributed by atoms with Crippen LogP contribution in [0.4, 0.5) is 11.5 Å². The number of nitrogens with zero attached hydrogens (tertiary/aromatic N) is 2. The van der Waals surface area contributed by atoms with Crippen LogP contribution in [0.25, 0.3) is 0 Å². The smallest absolute Gasteiger partial charge is 0.288 e. The highest BCUT2D eigenvalue weighted by Crippen LogP contribution is 2.24. The first-order valence-electron chi connectivity index (χ1n) is 6.21. The second-order valence-corrected chi connectivity index (χ2v) is 5.16. The Morgan fingerprint density at radius 2 is 1.95 bits per heavy atom. The molecule has 2 aromatic rings. The molecule has 0 aliphatic rings. The van der Waals surface area contributed by atoms with Crippen LogP contribution in [-0.4, -0.2) is 9.91 Å². The van der Waals surface area contributed by atoms with Crippen molar-refractivity contribution in [1.29, 1.82) is 0 Å². The number of benzene rings is 1. The zero-order chi connectivity index (χ0) is 14.5. The molecule has 0 unspecified atom stereocenters. The third-order valence-electron chi connectivity index (χ3n) is 2.93. The molecule has 0 atom stereocenters. The zero-order valence-corrected chi connectivity index (χ0v) is 12.6. The van der Waals surface area contributed by atoms with E-state index in [9.17, 15) is 10.1 Å². The van der Waals surface area contributed by atoms with Crippen molar-refractivity contribution in [3.63, 3.8) is 0 Å². The maximum absolute atomic E-state index is 10.6. The summed E-state index contributed by atoms with van der Waals surface area (Å²) in [6.07, 6.45) is 2.26. The van der Waals surface area contributed by atoms with Gasteiger partial charge in [-0.3, -0.25) is 10.1 Å². The molecule has 6 heteroatoms. The van der Waals surface area contributed by atoms with Gasteiger partial charge in [0.2, 0.25) is 0 Å². The minimum Gasteiger partial charge on any atom is -0.365 e. The third-order valence-corrected chi connectivity index (χ3v) is 3.53. The number of aryl methyl sites for hydroxylation is 1. The van der Waals surface area contributed by atoms with E-state index in [0.29, 0.717) is 16.8 Å². The molecule has 0 amide bonds. The summed E-state index contributed by atoms with van der Waals surface area (Å²) < 4.78 is 0.580. The summed E-state index contributed by atoms with van der Waals surface area (Å²) in [7, 11) is 0. The molecule has 0 aliphatic heterocycles. The highest BCUT2D eigenvalue weighted by molar-refractivity contribution is 9.10. The Kier molecular flexibility index (Phi) is 4.68. The fraction of sp³-hybridized carbons (Fsp3) is 0.214. The maximum atomic E-state index is 10.6. The molecule has 0 saturated heterocycles. The lowest BCUT2D eigenvalue weighted by molar-refractivity contribution is -0.385. The van der Waals surface area contributed by atoms with Gasteiger partial charge in [-0.1, -0.05) is 31.2 Å². The van der Waals surface area contributed by atoms with Crippen LogP contribution in [0, 0.1) is 10.1 Å². The van der Waals surface area contributed by atoms with E-state index in [1.165, 1.54) is 17.8 Å². The summed E-state index contributed by atoms with van der Waals surface area (Å²) in [5.41, 5.74) is 2.40. The molecule has 0 spiro atoms. The standard InChI is InChI=1S/C14H14BrN3O2/c1-2-10-3-5-11(6-4-10)8-16-14-13(15)7-12(9-17-14)18(19)20/h3-7,9H,2,8H2,1H3,(H,16,17). The van der Waals surface area contributed by atoms with E-state index < -0.39 is 4.92 Å². The molecule has 1 aromatic carbocycles. The fourth-order valence-electron chi connectivity index (χ4n) is 1.74. The number of aromatic nitrogens is 1. The molecule has 0 bridgehead atoms. The minimum atomic E-state index is -0.467. The van der Waals surface area contributed by atoms with Crippen molar-refractivity contribution < 1.29 is 4.92 Å². The average molecular weight is 336 g/mol. The number of halogens is 1. The lowest BCUT2D eigenvalue weighted by Gasteiger charge is -2.08. The van der Waals surface area contributed by atoms with Crippen molar-refractivity contribution in [2.45, 2.75) is 19.9 Å². The number of anilines is 1. The summed E-state index contributed by atoms with van der Waals surface area (Å²) in [6, 6.07) is 9.75. The van der Waals surface area contributed by atoms with Gasteiger partial charge in [0.15, 0.2) is 0 Å². The average Bonchev–Trinajstić information content (AvgIpc) is 2.46. The van der Waals surface area contributed by atoms with E-state index in [1.54, 1.807) is 0 Å². The predicted octanol–water partition coefficient (Wildman–Crippen LogP) is 3.93. The lowest BCUT2D eigenvalue weighted by atomic mass is 10.1. The second-order valence-electron chi connectivity index (χ2n) is 4.30. The first kappa shape index (κ1) is 14.5. The molecule has 5 nitrogen and oxygen atoms in total. The topological polar surface area (TPSA) is 68.1 Å². The summed E-state index contributed by atoms with van der Waals surface area (Å²) in [5, 5.41) is 13.8. The van der Waals surface area contributed by atoms with Crippen LogP contribution in [0.5, 0.6) is 0 Å². The number of nitro groups is 1. The van der Waals surface area contributed by atoms with Crippen LogP contribution in [0.15, 0.2) is 41.0 Å². The van der Waals surface area contributed by atoms with Crippen molar-refractivity contribution in [1.82, 2.24) is 4.98 Å². The molecule has 0 saturated carbocycles. The van der Waals surface area contributed by atoms with E-state index in [2.05, 4.69) is 57.4 Å². The predicted molar refractivity (Wildman–Crippen MR) is 81.7 cm³/mol. The van der Waals surface area contributed by atoms with E-state index in [1.807, 2.05) is 0 Å². The van der Waals surface area contributed by atoms with Gasteiger partial charge in [0.25, 0.3) is 5.69 Å². The maximum Gasteiger partial charge on any atom is 0.288 e. The molecule has 1 heterocycles. The van der Waals surface area contributed by atoms with Gasteiger partial charge in [0.05, 0.1) is 9.40 Å². The van der Waals surface area contributed by atoms with E-state index >= 15 is 0 Å². The van der Waals surface area contributed by atoms with Crippen LogP contribution >= 0.6 is 15.9 Å². The largest absolute Gasteiger partial charge is 0.365 e. The van der Waals surface area contributed by atoms with Crippen LogP contribution < -0.4 is 5.32 Å². The first-order valence-corrected chi connectivity index (χ1v) is 7.01. The Morgan fingerprint density at radius 1 is 1.30 bits per heavy atom. The Labute approximate surface area is 125 Å². The molecular weight excluding hydrogens is 322 g/mol. The number of nitrogens with one attached hydrogen (secondary N) is 1. The van der Waals surface area contributed by atoms with Gasteiger partial charge >= 0.3 is 0 Å². The normalized spacial score (nSPS) is 10.3. The third kappa shape index (κ3) is 3.54. The van der Waals surface area contributed by atoms with E-state index in [4.69, 9.17) is 0 Å². The van der Waals surface area contributed by atoms with Gasteiger partial charge in [-0.15, -0.1) is 0 Å². The fourth-order valence-corrected chi connectivity index (χ4v) is 2.21. The Hall–Kier alpha value is -1.95. The van der Waals surface area contributed by atoms with Crippen molar-refractivity contribution in [3.8, 4) is 0 Å². The Bertz CT molecular complexity index is 614. The number of pyridine rings is 1. The summed E-state index contributed by atoms with van der Waals surface area (Å²) >= 11 is 3.28. The quantitative estimate of drug-likeness (QED) is 0.664. The Balaban J connectivity index is 2.04. The van der Waals surface area contributed by atoms with E-state index in [0.717, 1.165) is 12.0 Å². The van der Waals surface area contributed by atoms with Crippen molar-refractivity contribution in [3.05, 3.63) is 62.2 Å². The Morgan fingerprint density at radius 3 is 2.50 bits per heavy atom. The van der Waals surface area contributed by atoms with Gasteiger partial charge in [-0.2, -0.15) is 0 Å². The monoisotopic (exact) mass is 335 g/mol. The van der Waals surface area contributed by atoms with Crippen LogP contribution in [-0.2, 0) is 13.0 Å². The molecule has 0 aliphatic carbocycles. The van der Waals surface area contributed by atoms with Gasteiger partial charge in [0, 0.05) is 12.6 Å². The van der Waals surface area contributed by atoms with Gasteiger partial charge in [-0.25, -0.2) is 4.98 Å². The molecule has 0 fully saturated rings.